The monoisotopic (exact) mass is 564 g/mol. The van der Waals surface area contributed by atoms with E-state index in [1.165, 1.54) is 59.1 Å². The molecule has 0 saturated carbocycles. The van der Waals surface area contributed by atoms with Gasteiger partial charge >= 0.3 is 14.8 Å². The van der Waals surface area contributed by atoms with Crippen LogP contribution in [-0.4, -0.2) is 14.8 Å². The van der Waals surface area contributed by atoms with Crippen molar-refractivity contribution in [3.8, 4) is 11.5 Å². The summed E-state index contributed by atoms with van der Waals surface area (Å²) in [5, 5.41) is 0. The molecule has 0 spiro atoms. The normalized spacial score (nSPS) is 13.0. The van der Waals surface area contributed by atoms with Crippen LogP contribution in [0, 0.1) is 0 Å². The Kier molecular flexibility index (Phi) is 11.5. The van der Waals surface area contributed by atoms with Gasteiger partial charge in [0.05, 0.1) is 11.5 Å². The maximum absolute atomic E-state index is 7.04. The molecular weight excluding hydrogens is 503 g/mol. The molecule has 0 aliphatic heterocycles. The zero-order chi connectivity index (χ0) is 30.7. The smallest absolute Gasteiger partial charge is 0.611 e. The van der Waals surface area contributed by atoms with E-state index in [1.54, 1.807) is 0 Å². The van der Waals surface area contributed by atoms with E-state index in [4.69, 9.17) is 7.58 Å². The highest BCUT2D eigenvalue weighted by atomic mass is 27.2. The topological polar surface area (TPSA) is 18.5 Å². The third kappa shape index (κ3) is 9.29. The van der Waals surface area contributed by atoms with Crippen molar-refractivity contribution in [2.45, 2.75) is 163 Å². The van der Waals surface area contributed by atoms with Crippen LogP contribution in [0.1, 0.15) is 156 Å². The van der Waals surface area contributed by atoms with Crippen LogP contribution in [0.4, 0.5) is 0 Å². The van der Waals surface area contributed by atoms with Crippen LogP contribution in [0.2, 0.25) is 5.79 Å². The fraction of sp³-hybridized carbons (Fsp3) is 0.676. The van der Waals surface area contributed by atoms with Gasteiger partial charge < -0.3 is 7.58 Å². The Labute approximate surface area is 253 Å². The highest BCUT2D eigenvalue weighted by molar-refractivity contribution is 6.44. The summed E-state index contributed by atoms with van der Waals surface area (Å²) in [6.07, 6.45) is 7.05. The Morgan fingerprint density at radius 1 is 0.500 bits per heavy atom. The van der Waals surface area contributed by atoms with E-state index >= 15 is 0 Å². The first-order chi connectivity index (χ1) is 18.2. The van der Waals surface area contributed by atoms with Crippen LogP contribution in [-0.2, 0) is 34.5 Å². The van der Waals surface area contributed by atoms with Gasteiger partial charge in [-0.1, -0.05) is 134 Å². The Hall–Kier alpha value is -1.43. The molecule has 2 rings (SSSR count). The second-order valence-corrected chi connectivity index (χ2v) is 17.7. The molecule has 224 valence electrons. The molecule has 0 bridgehead atoms. The van der Waals surface area contributed by atoms with E-state index in [-0.39, 0.29) is 21.7 Å². The van der Waals surface area contributed by atoms with Crippen molar-refractivity contribution >= 4 is 14.8 Å². The van der Waals surface area contributed by atoms with Gasteiger partial charge in [-0.2, -0.15) is 0 Å². The summed E-state index contributed by atoms with van der Waals surface area (Å²) in [5.41, 5.74) is 7.94. The minimum absolute atomic E-state index is 0.0280. The Balaban J connectivity index is 2.68. The summed E-state index contributed by atoms with van der Waals surface area (Å²) >= 11 is -2.13. The number of hydrogen-bond acceptors (Lipinski definition) is 2. The van der Waals surface area contributed by atoms with Crippen molar-refractivity contribution in [2.75, 3.05) is 0 Å². The SMILES string of the molecule is CCCCc1cc(C(C)(C)C)c([O][Al]([CH3])[O]c2c(C(C)(C)C)cc(CCCC)cc2C(C)(C)C)c(C(C)(C)C)c1. The van der Waals surface area contributed by atoms with Gasteiger partial charge in [0.25, 0.3) is 0 Å². The average molecular weight is 565 g/mol. The van der Waals surface area contributed by atoms with Crippen LogP contribution in [0.5, 0.6) is 11.5 Å². The molecular formula is C37H61AlO2. The summed E-state index contributed by atoms with van der Waals surface area (Å²) in [4.78, 5) is 0. The lowest BCUT2D eigenvalue weighted by Crippen LogP contribution is -2.32. The predicted molar refractivity (Wildman–Crippen MR) is 178 cm³/mol. The molecule has 0 fully saturated rings. The van der Waals surface area contributed by atoms with E-state index in [2.05, 4.69) is 127 Å². The lowest BCUT2D eigenvalue weighted by Gasteiger charge is -2.34. The number of unbranched alkanes of at least 4 members (excludes halogenated alkanes) is 2. The Morgan fingerprint density at radius 3 is 0.950 bits per heavy atom. The molecule has 40 heavy (non-hydrogen) atoms. The number of hydrogen-bond donors (Lipinski definition) is 0. The molecule has 0 heterocycles. The van der Waals surface area contributed by atoms with Crippen molar-refractivity contribution < 1.29 is 7.58 Å². The maximum Gasteiger partial charge on any atom is 0.853 e. The molecule has 0 unspecified atom stereocenters. The van der Waals surface area contributed by atoms with Crippen molar-refractivity contribution in [3.05, 3.63) is 57.6 Å². The molecule has 0 saturated heterocycles. The van der Waals surface area contributed by atoms with E-state index < -0.39 is 14.8 Å². The summed E-state index contributed by atoms with van der Waals surface area (Å²) in [5.74, 6) is 4.30. The molecule has 2 nitrogen and oxygen atoms in total. The quantitative estimate of drug-likeness (QED) is 0.267. The van der Waals surface area contributed by atoms with Crippen LogP contribution < -0.4 is 7.58 Å². The van der Waals surface area contributed by atoms with Gasteiger partial charge in [0.2, 0.25) is 0 Å². The largest absolute Gasteiger partial charge is 0.853 e. The Bertz CT molecular complexity index is 957. The molecule has 0 aliphatic rings. The summed E-state index contributed by atoms with van der Waals surface area (Å²) in [6, 6.07) is 9.63. The fourth-order valence-corrected chi connectivity index (χ4v) is 6.49. The van der Waals surface area contributed by atoms with Crippen molar-refractivity contribution in [2.24, 2.45) is 0 Å². The molecule has 0 radical (unpaired) electrons. The highest BCUT2D eigenvalue weighted by Crippen LogP contribution is 2.44. The molecule has 3 heteroatoms. The van der Waals surface area contributed by atoms with Gasteiger partial charge in [-0.25, -0.2) is 0 Å². The van der Waals surface area contributed by atoms with Gasteiger partial charge in [-0.3, -0.25) is 0 Å². The standard InChI is InChI=1S/2C18H30O.CH3.Al/c2*1-8-9-10-13-11-14(17(2,3)4)16(19)15(12-13)18(5,6)7;;/h2*11-12,19H,8-10H2,1-7H3;1H3;/q;;;+2/p-2. The van der Waals surface area contributed by atoms with E-state index in [9.17, 15) is 0 Å². The first kappa shape index (κ1) is 34.8. The minimum Gasteiger partial charge on any atom is -0.611 e. The van der Waals surface area contributed by atoms with E-state index in [0.717, 1.165) is 24.3 Å². The summed E-state index contributed by atoms with van der Waals surface area (Å²) in [6.45, 7) is 32.2. The van der Waals surface area contributed by atoms with Crippen LogP contribution in [0.25, 0.3) is 0 Å². The van der Waals surface area contributed by atoms with Crippen LogP contribution in [0.15, 0.2) is 24.3 Å². The second kappa shape index (κ2) is 13.3. The highest BCUT2D eigenvalue weighted by Gasteiger charge is 2.36. The zero-order valence-corrected chi connectivity index (χ0v) is 30.1. The fourth-order valence-electron chi connectivity index (χ4n) is 5.27. The van der Waals surface area contributed by atoms with E-state index in [1.807, 2.05) is 0 Å². The van der Waals surface area contributed by atoms with Crippen molar-refractivity contribution in [1.29, 1.82) is 0 Å². The molecule has 0 atom stereocenters. The zero-order valence-electron chi connectivity index (χ0n) is 28.9. The molecule has 2 aromatic carbocycles. The number of benzene rings is 2. The van der Waals surface area contributed by atoms with E-state index in [0.29, 0.717) is 0 Å². The van der Waals surface area contributed by atoms with Gasteiger partial charge in [-0.05, 0) is 86.5 Å². The summed E-state index contributed by atoms with van der Waals surface area (Å²) < 4.78 is 14.1. The Morgan fingerprint density at radius 2 is 0.750 bits per heavy atom. The molecule has 2 aromatic rings. The molecule has 0 aliphatic carbocycles. The number of aryl methyl sites for hydroxylation is 2. The number of rotatable bonds is 10. The minimum atomic E-state index is -2.13. The first-order valence-corrected chi connectivity index (χ1v) is 18.0. The predicted octanol–water partition coefficient (Wildman–Crippen LogP) is 11.1. The maximum atomic E-state index is 7.04. The van der Waals surface area contributed by atoms with Gasteiger partial charge in [0.1, 0.15) is 0 Å². The second-order valence-electron chi connectivity index (χ2n) is 16.1. The lowest BCUT2D eigenvalue weighted by atomic mass is 9.78. The molecule has 0 aromatic heterocycles. The van der Waals surface area contributed by atoms with Gasteiger partial charge in [0.15, 0.2) is 0 Å². The summed E-state index contributed by atoms with van der Waals surface area (Å²) in [7, 11) is 0. The lowest BCUT2D eigenvalue weighted by molar-refractivity contribution is 0.393. The third-order valence-electron chi connectivity index (χ3n) is 7.74. The van der Waals surface area contributed by atoms with Gasteiger partial charge in [-0.15, -0.1) is 0 Å². The van der Waals surface area contributed by atoms with Crippen LogP contribution in [0.3, 0.4) is 0 Å². The van der Waals surface area contributed by atoms with Crippen molar-refractivity contribution in [1.82, 2.24) is 0 Å². The average Bonchev–Trinajstić information content (AvgIpc) is 2.79. The first-order valence-electron chi connectivity index (χ1n) is 15.9. The third-order valence-corrected chi connectivity index (χ3v) is 8.87. The molecule has 0 amide bonds. The molecule has 0 N–H and O–H groups in total. The van der Waals surface area contributed by atoms with Crippen LogP contribution >= 0.6 is 0 Å². The van der Waals surface area contributed by atoms with Crippen molar-refractivity contribution in [3.63, 3.8) is 0 Å². The van der Waals surface area contributed by atoms with Gasteiger partial charge in [0, 0.05) is 0 Å².